The van der Waals surface area contributed by atoms with Gasteiger partial charge in [0, 0.05) is 10.9 Å². The summed E-state index contributed by atoms with van der Waals surface area (Å²) in [6.07, 6.45) is 1.27. The van der Waals surface area contributed by atoms with E-state index in [1.807, 2.05) is 23.6 Å². The first-order chi connectivity index (χ1) is 13.2. The second kappa shape index (κ2) is 7.80. The standard InChI is InChI=1S/C21H20N2O3S/c1-2-14-3-6-16(7-4-14)17-13-27-21(22-17)23-20(24)12-15-5-8-18-19(11-15)26-10-9-25-18/h3-8,11,13H,2,9-10,12H2,1H3,(H,22,23,24). The molecular formula is C21H20N2O3S. The van der Waals surface area contributed by atoms with E-state index < -0.39 is 0 Å². The van der Waals surface area contributed by atoms with Crippen molar-refractivity contribution in [2.45, 2.75) is 19.8 Å². The Morgan fingerprint density at radius 1 is 1.07 bits per heavy atom. The molecule has 0 fully saturated rings. The van der Waals surface area contributed by atoms with Crippen LogP contribution in [0.15, 0.2) is 47.8 Å². The number of anilines is 1. The Kier molecular flexibility index (Phi) is 5.07. The van der Waals surface area contributed by atoms with Gasteiger partial charge in [0.15, 0.2) is 16.6 Å². The predicted octanol–water partition coefficient (Wildman–Crippen LogP) is 4.32. The van der Waals surface area contributed by atoms with E-state index in [1.165, 1.54) is 16.9 Å². The summed E-state index contributed by atoms with van der Waals surface area (Å²) in [5.41, 5.74) is 4.10. The summed E-state index contributed by atoms with van der Waals surface area (Å²) in [7, 11) is 0. The Morgan fingerprint density at radius 2 is 1.81 bits per heavy atom. The average Bonchev–Trinajstić information content (AvgIpc) is 3.16. The summed E-state index contributed by atoms with van der Waals surface area (Å²) >= 11 is 1.43. The van der Waals surface area contributed by atoms with Crippen LogP contribution in [0, 0.1) is 0 Å². The van der Waals surface area contributed by atoms with Gasteiger partial charge in [0.1, 0.15) is 13.2 Å². The summed E-state index contributed by atoms with van der Waals surface area (Å²) in [6, 6.07) is 13.9. The molecular weight excluding hydrogens is 360 g/mol. The summed E-state index contributed by atoms with van der Waals surface area (Å²) in [5.74, 6) is 1.32. The summed E-state index contributed by atoms with van der Waals surface area (Å²) in [6.45, 7) is 3.22. The number of amides is 1. The maximum Gasteiger partial charge on any atom is 0.230 e. The number of hydrogen-bond acceptors (Lipinski definition) is 5. The van der Waals surface area contributed by atoms with Crippen molar-refractivity contribution in [1.29, 1.82) is 0 Å². The number of nitrogens with one attached hydrogen (secondary N) is 1. The van der Waals surface area contributed by atoms with Crippen molar-refractivity contribution < 1.29 is 14.3 Å². The molecule has 1 aliphatic heterocycles. The van der Waals surface area contributed by atoms with E-state index in [2.05, 4.69) is 41.5 Å². The molecule has 1 amide bonds. The number of ether oxygens (including phenoxy) is 2. The number of thiazole rings is 1. The van der Waals surface area contributed by atoms with E-state index >= 15 is 0 Å². The molecule has 6 heteroatoms. The lowest BCUT2D eigenvalue weighted by molar-refractivity contribution is -0.115. The first-order valence-corrected chi connectivity index (χ1v) is 9.82. The zero-order valence-electron chi connectivity index (χ0n) is 15.0. The number of carbonyl (C=O) groups is 1. The monoisotopic (exact) mass is 380 g/mol. The maximum atomic E-state index is 12.4. The van der Waals surface area contributed by atoms with Crippen LogP contribution in [0.4, 0.5) is 5.13 Å². The fraction of sp³-hybridized carbons (Fsp3) is 0.238. The molecule has 0 bridgehead atoms. The van der Waals surface area contributed by atoms with E-state index in [0.29, 0.717) is 24.1 Å². The van der Waals surface area contributed by atoms with Gasteiger partial charge in [-0.3, -0.25) is 4.79 Å². The van der Waals surface area contributed by atoms with Crippen molar-refractivity contribution in [2.75, 3.05) is 18.5 Å². The van der Waals surface area contributed by atoms with Gasteiger partial charge < -0.3 is 14.8 Å². The van der Waals surface area contributed by atoms with Crippen LogP contribution in [0.1, 0.15) is 18.1 Å². The van der Waals surface area contributed by atoms with E-state index in [-0.39, 0.29) is 12.3 Å². The normalized spacial score (nSPS) is 12.6. The van der Waals surface area contributed by atoms with Crippen molar-refractivity contribution in [3.63, 3.8) is 0 Å². The van der Waals surface area contributed by atoms with Crippen LogP contribution >= 0.6 is 11.3 Å². The highest BCUT2D eigenvalue weighted by Gasteiger charge is 2.14. The average molecular weight is 380 g/mol. The fourth-order valence-corrected chi connectivity index (χ4v) is 3.66. The second-order valence-electron chi connectivity index (χ2n) is 6.29. The number of benzene rings is 2. The van der Waals surface area contributed by atoms with Gasteiger partial charge in [-0.25, -0.2) is 4.98 Å². The van der Waals surface area contributed by atoms with Crippen molar-refractivity contribution >= 4 is 22.4 Å². The van der Waals surface area contributed by atoms with Crippen molar-refractivity contribution in [3.8, 4) is 22.8 Å². The Morgan fingerprint density at radius 3 is 2.59 bits per heavy atom. The molecule has 5 nitrogen and oxygen atoms in total. The van der Waals surface area contributed by atoms with Gasteiger partial charge >= 0.3 is 0 Å². The van der Waals surface area contributed by atoms with Gasteiger partial charge in [-0.05, 0) is 29.7 Å². The van der Waals surface area contributed by atoms with Crippen LogP contribution in [0.3, 0.4) is 0 Å². The number of fused-ring (bicyclic) bond motifs is 1. The summed E-state index contributed by atoms with van der Waals surface area (Å²) in [5, 5.41) is 5.44. The Bertz CT molecular complexity index is 950. The topological polar surface area (TPSA) is 60.5 Å². The van der Waals surface area contributed by atoms with Crippen molar-refractivity contribution in [1.82, 2.24) is 4.98 Å². The summed E-state index contributed by atoms with van der Waals surface area (Å²) < 4.78 is 11.1. The number of nitrogens with zero attached hydrogens (tertiary/aromatic N) is 1. The maximum absolute atomic E-state index is 12.4. The zero-order valence-corrected chi connectivity index (χ0v) is 15.8. The first kappa shape index (κ1) is 17.5. The molecule has 0 atom stereocenters. The van der Waals surface area contributed by atoms with E-state index in [0.717, 1.165) is 29.0 Å². The molecule has 0 spiro atoms. The van der Waals surface area contributed by atoms with Crippen LogP contribution in [0.25, 0.3) is 11.3 Å². The lowest BCUT2D eigenvalue weighted by Crippen LogP contribution is -2.17. The van der Waals surface area contributed by atoms with Crippen LogP contribution in [-0.2, 0) is 17.6 Å². The van der Waals surface area contributed by atoms with Gasteiger partial charge in [-0.1, -0.05) is 37.3 Å². The van der Waals surface area contributed by atoms with E-state index in [4.69, 9.17) is 9.47 Å². The van der Waals surface area contributed by atoms with E-state index in [1.54, 1.807) is 0 Å². The molecule has 1 aromatic heterocycles. The molecule has 4 rings (SSSR count). The van der Waals surface area contributed by atoms with Gasteiger partial charge in [-0.2, -0.15) is 0 Å². The van der Waals surface area contributed by atoms with Gasteiger partial charge in [-0.15, -0.1) is 11.3 Å². The fourth-order valence-electron chi connectivity index (χ4n) is 2.92. The molecule has 27 heavy (non-hydrogen) atoms. The predicted molar refractivity (Wildman–Crippen MR) is 107 cm³/mol. The van der Waals surface area contributed by atoms with Gasteiger partial charge in [0.2, 0.25) is 5.91 Å². The third-order valence-electron chi connectivity index (χ3n) is 4.38. The molecule has 3 aromatic rings. The van der Waals surface area contributed by atoms with Crippen LogP contribution in [0.2, 0.25) is 0 Å². The molecule has 1 N–H and O–H groups in total. The first-order valence-electron chi connectivity index (χ1n) is 8.94. The minimum atomic E-state index is -0.103. The molecule has 0 aliphatic carbocycles. The molecule has 0 saturated carbocycles. The molecule has 138 valence electrons. The van der Waals surface area contributed by atoms with Crippen LogP contribution < -0.4 is 14.8 Å². The Balaban J connectivity index is 1.40. The van der Waals surface area contributed by atoms with E-state index in [9.17, 15) is 4.79 Å². The summed E-state index contributed by atoms with van der Waals surface area (Å²) in [4.78, 5) is 16.9. The lowest BCUT2D eigenvalue weighted by atomic mass is 10.1. The third kappa shape index (κ3) is 4.11. The number of rotatable bonds is 5. The van der Waals surface area contributed by atoms with Gasteiger partial charge in [0.25, 0.3) is 0 Å². The molecule has 0 radical (unpaired) electrons. The van der Waals surface area contributed by atoms with Crippen molar-refractivity contribution in [3.05, 3.63) is 59.0 Å². The van der Waals surface area contributed by atoms with Crippen LogP contribution in [-0.4, -0.2) is 24.1 Å². The number of aryl methyl sites for hydroxylation is 1. The smallest absolute Gasteiger partial charge is 0.230 e. The van der Waals surface area contributed by atoms with Crippen LogP contribution in [0.5, 0.6) is 11.5 Å². The lowest BCUT2D eigenvalue weighted by Gasteiger charge is -2.18. The Labute approximate surface area is 162 Å². The zero-order chi connectivity index (χ0) is 18.6. The quantitative estimate of drug-likeness (QED) is 0.716. The third-order valence-corrected chi connectivity index (χ3v) is 5.14. The molecule has 0 saturated heterocycles. The number of hydrogen-bond donors (Lipinski definition) is 1. The highest BCUT2D eigenvalue weighted by atomic mass is 32.1. The minimum absolute atomic E-state index is 0.103. The second-order valence-corrected chi connectivity index (χ2v) is 7.15. The molecule has 1 aliphatic rings. The number of carbonyl (C=O) groups excluding carboxylic acids is 1. The largest absolute Gasteiger partial charge is 0.486 e. The van der Waals surface area contributed by atoms with Crippen molar-refractivity contribution in [2.24, 2.45) is 0 Å². The molecule has 2 aromatic carbocycles. The highest BCUT2D eigenvalue weighted by molar-refractivity contribution is 7.14. The van der Waals surface area contributed by atoms with Gasteiger partial charge in [0.05, 0.1) is 12.1 Å². The highest BCUT2D eigenvalue weighted by Crippen LogP contribution is 2.31. The minimum Gasteiger partial charge on any atom is -0.486 e. The number of aromatic nitrogens is 1. The molecule has 0 unspecified atom stereocenters. The Hall–Kier alpha value is -2.86. The molecule has 2 heterocycles. The SMILES string of the molecule is CCc1ccc(-c2csc(NC(=O)Cc3ccc4c(c3)OCCO4)n2)cc1.